The first-order valence-electron chi connectivity index (χ1n) is 10.5. The quantitative estimate of drug-likeness (QED) is 0.543. The van der Waals surface area contributed by atoms with Crippen molar-refractivity contribution in [2.45, 2.75) is 59.8 Å². The molecule has 1 aliphatic rings. The molecule has 2 N–H and O–H groups in total. The van der Waals surface area contributed by atoms with Crippen LogP contribution in [0, 0.1) is 5.92 Å². The number of hydrogen-bond acceptors (Lipinski definition) is 3. The van der Waals surface area contributed by atoms with Crippen molar-refractivity contribution in [3.63, 3.8) is 0 Å². The second kappa shape index (κ2) is 10.7. The van der Waals surface area contributed by atoms with Gasteiger partial charge in [0, 0.05) is 45.3 Å². The summed E-state index contributed by atoms with van der Waals surface area (Å²) >= 11 is 0. The fourth-order valence-electron chi connectivity index (χ4n) is 3.71. The summed E-state index contributed by atoms with van der Waals surface area (Å²) in [6.45, 7) is 17.5. The summed E-state index contributed by atoms with van der Waals surface area (Å²) in [6, 6.07) is 9.92. The third kappa shape index (κ3) is 6.51. The molecule has 1 heterocycles. The lowest BCUT2D eigenvalue weighted by molar-refractivity contribution is 0.265. The highest BCUT2D eigenvalue weighted by atomic mass is 15.3. The smallest absolute Gasteiger partial charge is 0.191 e. The number of hydrogen-bond donors (Lipinski definition) is 2. The maximum Gasteiger partial charge on any atom is 0.191 e. The van der Waals surface area contributed by atoms with E-state index in [1.54, 1.807) is 0 Å². The zero-order valence-corrected chi connectivity index (χ0v) is 18.1. The standard InChI is InChI=1S/C22H39N5/c1-7-26(8-2)15-20-11-9-10-19(12-20)13-24-22(23-6)25-21-16-27(17(3)4)14-18(21)5/h9-12,17-18,21H,7-8,13-16H2,1-6H3,(H2,23,24,25). The molecule has 0 aromatic heterocycles. The van der Waals surface area contributed by atoms with Gasteiger partial charge in [-0.15, -0.1) is 0 Å². The van der Waals surface area contributed by atoms with Crippen molar-refractivity contribution in [1.82, 2.24) is 20.4 Å². The van der Waals surface area contributed by atoms with Gasteiger partial charge in [0.1, 0.15) is 0 Å². The van der Waals surface area contributed by atoms with Crippen LogP contribution < -0.4 is 10.6 Å². The lowest BCUT2D eigenvalue weighted by Crippen LogP contribution is -2.46. The van der Waals surface area contributed by atoms with Gasteiger partial charge in [0.05, 0.1) is 0 Å². The normalized spacial score (nSPS) is 21.3. The van der Waals surface area contributed by atoms with Crippen LogP contribution in [0.2, 0.25) is 0 Å². The predicted molar refractivity (Wildman–Crippen MR) is 116 cm³/mol. The lowest BCUT2D eigenvalue weighted by atomic mass is 10.1. The minimum atomic E-state index is 0.451. The van der Waals surface area contributed by atoms with Crippen molar-refractivity contribution in [3.05, 3.63) is 35.4 Å². The van der Waals surface area contributed by atoms with Crippen molar-refractivity contribution in [2.75, 3.05) is 33.2 Å². The van der Waals surface area contributed by atoms with E-state index in [1.807, 2.05) is 7.05 Å². The molecule has 5 heteroatoms. The van der Waals surface area contributed by atoms with E-state index in [1.165, 1.54) is 11.1 Å². The molecule has 2 rings (SSSR count). The Labute approximate surface area is 166 Å². The van der Waals surface area contributed by atoms with Crippen LogP contribution in [0.3, 0.4) is 0 Å². The minimum Gasteiger partial charge on any atom is -0.352 e. The highest BCUT2D eigenvalue weighted by molar-refractivity contribution is 5.80. The molecule has 1 aliphatic heterocycles. The van der Waals surface area contributed by atoms with Crippen LogP contribution in [0.25, 0.3) is 0 Å². The van der Waals surface area contributed by atoms with E-state index in [-0.39, 0.29) is 0 Å². The van der Waals surface area contributed by atoms with Gasteiger partial charge in [0.15, 0.2) is 5.96 Å². The third-order valence-electron chi connectivity index (χ3n) is 5.67. The molecular formula is C22H39N5. The average molecular weight is 374 g/mol. The van der Waals surface area contributed by atoms with E-state index in [9.17, 15) is 0 Å². The van der Waals surface area contributed by atoms with Crippen LogP contribution in [-0.4, -0.2) is 61.1 Å². The molecule has 1 fully saturated rings. The molecule has 0 bridgehead atoms. The molecule has 0 radical (unpaired) electrons. The number of benzene rings is 1. The van der Waals surface area contributed by atoms with Gasteiger partial charge in [0.2, 0.25) is 0 Å². The fraction of sp³-hybridized carbons (Fsp3) is 0.682. The summed E-state index contributed by atoms with van der Waals surface area (Å²) in [4.78, 5) is 9.41. The van der Waals surface area contributed by atoms with Crippen LogP contribution in [0.4, 0.5) is 0 Å². The van der Waals surface area contributed by atoms with Gasteiger partial charge >= 0.3 is 0 Å². The zero-order valence-electron chi connectivity index (χ0n) is 18.1. The van der Waals surface area contributed by atoms with Crippen LogP contribution in [0.1, 0.15) is 45.7 Å². The number of nitrogens with one attached hydrogen (secondary N) is 2. The van der Waals surface area contributed by atoms with E-state index >= 15 is 0 Å². The summed E-state index contributed by atoms with van der Waals surface area (Å²) in [5.41, 5.74) is 2.67. The Bertz CT molecular complexity index is 594. The Hall–Kier alpha value is -1.59. The monoisotopic (exact) mass is 373 g/mol. The van der Waals surface area contributed by atoms with E-state index in [2.05, 4.69) is 84.3 Å². The fourth-order valence-corrected chi connectivity index (χ4v) is 3.71. The lowest BCUT2D eigenvalue weighted by Gasteiger charge is -2.22. The Morgan fingerprint density at radius 3 is 2.52 bits per heavy atom. The van der Waals surface area contributed by atoms with Crippen molar-refractivity contribution < 1.29 is 0 Å². The minimum absolute atomic E-state index is 0.451. The Kier molecular flexibility index (Phi) is 8.58. The molecule has 0 aliphatic carbocycles. The van der Waals surface area contributed by atoms with Crippen molar-refractivity contribution >= 4 is 5.96 Å². The summed E-state index contributed by atoms with van der Waals surface area (Å²) in [5, 5.41) is 7.12. The number of aliphatic imine (C=N–C) groups is 1. The van der Waals surface area contributed by atoms with Crippen LogP contribution in [0.5, 0.6) is 0 Å². The molecule has 1 aromatic rings. The van der Waals surface area contributed by atoms with Crippen LogP contribution in [0.15, 0.2) is 29.3 Å². The summed E-state index contributed by atoms with van der Waals surface area (Å²) in [7, 11) is 1.85. The largest absolute Gasteiger partial charge is 0.352 e. The molecule has 1 saturated heterocycles. The number of rotatable bonds is 8. The number of guanidine groups is 1. The number of nitrogens with zero attached hydrogens (tertiary/aromatic N) is 3. The van der Waals surface area contributed by atoms with E-state index < -0.39 is 0 Å². The van der Waals surface area contributed by atoms with Gasteiger partial charge in [0.25, 0.3) is 0 Å². The SMILES string of the molecule is CCN(CC)Cc1cccc(CNC(=NC)NC2CN(C(C)C)CC2C)c1. The second-order valence-electron chi connectivity index (χ2n) is 7.98. The molecule has 0 spiro atoms. The first-order chi connectivity index (χ1) is 13.0. The first kappa shape index (κ1) is 21.7. The first-order valence-corrected chi connectivity index (χ1v) is 10.5. The highest BCUT2D eigenvalue weighted by Crippen LogP contribution is 2.18. The highest BCUT2D eigenvalue weighted by Gasteiger charge is 2.31. The molecule has 5 nitrogen and oxygen atoms in total. The molecule has 2 atom stereocenters. The maximum atomic E-state index is 4.44. The van der Waals surface area contributed by atoms with Gasteiger partial charge in [-0.25, -0.2) is 0 Å². The van der Waals surface area contributed by atoms with Gasteiger partial charge in [-0.1, -0.05) is 45.0 Å². The third-order valence-corrected chi connectivity index (χ3v) is 5.67. The van der Waals surface area contributed by atoms with E-state index in [0.717, 1.165) is 45.2 Å². The van der Waals surface area contributed by atoms with Gasteiger partial charge in [-0.05, 0) is 44.0 Å². The Morgan fingerprint density at radius 1 is 1.22 bits per heavy atom. The molecule has 0 amide bonds. The molecule has 1 aromatic carbocycles. The molecule has 0 saturated carbocycles. The van der Waals surface area contributed by atoms with Crippen LogP contribution >= 0.6 is 0 Å². The molecule has 2 unspecified atom stereocenters. The summed E-state index contributed by atoms with van der Waals surface area (Å²) in [6.07, 6.45) is 0. The molecular weight excluding hydrogens is 334 g/mol. The Balaban J connectivity index is 1.89. The molecule has 27 heavy (non-hydrogen) atoms. The molecule has 152 valence electrons. The van der Waals surface area contributed by atoms with Gasteiger partial charge in [-0.2, -0.15) is 0 Å². The number of likely N-dealkylation sites (tertiary alicyclic amines) is 1. The van der Waals surface area contributed by atoms with Crippen molar-refractivity contribution in [1.29, 1.82) is 0 Å². The predicted octanol–water partition coefficient (Wildman–Crippen LogP) is 2.92. The van der Waals surface area contributed by atoms with Crippen molar-refractivity contribution in [2.24, 2.45) is 10.9 Å². The maximum absolute atomic E-state index is 4.44. The summed E-state index contributed by atoms with van der Waals surface area (Å²) < 4.78 is 0. The average Bonchev–Trinajstić information content (AvgIpc) is 3.04. The van der Waals surface area contributed by atoms with Crippen molar-refractivity contribution in [3.8, 4) is 0 Å². The van der Waals surface area contributed by atoms with E-state index in [4.69, 9.17) is 0 Å². The van der Waals surface area contributed by atoms with Gasteiger partial charge < -0.3 is 10.6 Å². The summed E-state index contributed by atoms with van der Waals surface area (Å²) in [5.74, 6) is 1.52. The zero-order chi connectivity index (χ0) is 19.8. The Morgan fingerprint density at radius 2 is 1.93 bits per heavy atom. The second-order valence-corrected chi connectivity index (χ2v) is 7.98. The van der Waals surface area contributed by atoms with Gasteiger partial charge in [-0.3, -0.25) is 14.8 Å². The van der Waals surface area contributed by atoms with E-state index in [0.29, 0.717) is 18.0 Å². The topological polar surface area (TPSA) is 42.9 Å². The van der Waals surface area contributed by atoms with Crippen LogP contribution in [-0.2, 0) is 13.1 Å².